The largest absolute Gasteiger partial charge is 0.496 e. The molecule has 0 saturated heterocycles. The molecule has 1 aliphatic carbocycles. The van der Waals surface area contributed by atoms with Gasteiger partial charge in [0.15, 0.2) is 0 Å². The molecule has 1 aromatic carbocycles. The van der Waals surface area contributed by atoms with Crippen LogP contribution in [0.2, 0.25) is 0 Å². The summed E-state index contributed by atoms with van der Waals surface area (Å²) in [5.74, 6) is -0.248. The van der Waals surface area contributed by atoms with Crippen LogP contribution in [0.5, 0.6) is 11.6 Å². The molecule has 2 atom stereocenters. The number of carbonyl (C=O) groups is 2. The maximum atomic E-state index is 12.1. The van der Waals surface area contributed by atoms with Gasteiger partial charge in [0.05, 0.1) is 14.2 Å². The molecule has 1 aromatic heterocycles. The van der Waals surface area contributed by atoms with Gasteiger partial charge in [-0.25, -0.2) is 4.98 Å². The van der Waals surface area contributed by atoms with Crippen LogP contribution in [-0.4, -0.2) is 37.1 Å². The lowest BCUT2D eigenvalue weighted by Gasteiger charge is -2.10. The summed E-state index contributed by atoms with van der Waals surface area (Å²) in [4.78, 5) is 28.2. The van der Waals surface area contributed by atoms with E-state index in [2.05, 4.69) is 15.6 Å². The number of ether oxygens (including phenoxy) is 2. The highest BCUT2D eigenvalue weighted by atomic mass is 16.5. The SMILES string of the molecule is COc1ccccc1[C@@H]1C[C@H]1NC(=O)C(=O)Nc1cccnc1OC. The van der Waals surface area contributed by atoms with Crippen LogP contribution < -0.4 is 20.1 Å². The normalized spacial score (nSPS) is 18.2. The van der Waals surface area contributed by atoms with E-state index in [1.165, 1.54) is 13.3 Å². The molecule has 2 aromatic rings. The monoisotopic (exact) mass is 341 g/mol. The standard InChI is InChI=1S/C18H19N3O4/c1-24-15-8-4-3-6-11(15)12-10-14(12)21-17(23)16(22)20-13-7-5-9-19-18(13)25-2/h3-9,12,14H,10H2,1-2H3,(H,20,22)(H,21,23)/t12-,14+/m0/s1. The molecular weight excluding hydrogens is 322 g/mol. The minimum Gasteiger partial charge on any atom is -0.496 e. The third kappa shape index (κ3) is 3.71. The Labute approximate surface area is 145 Å². The van der Waals surface area contributed by atoms with Crippen molar-refractivity contribution >= 4 is 17.5 Å². The fourth-order valence-electron chi connectivity index (χ4n) is 2.73. The van der Waals surface area contributed by atoms with Gasteiger partial charge in [0, 0.05) is 18.2 Å². The highest BCUT2D eigenvalue weighted by Crippen LogP contribution is 2.44. The minimum absolute atomic E-state index is 0.0784. The van der Waals surface area contributed by atoms with Gasteiger partial charge in [-0.3, -0.25) is 9.59 Å². The Morgan fingerprint density at radius 3 is 2.64 bits per heavy atom. The quantitative estimate of drug-likeness (QED) is 0.808. The highest BCUT2D eigenvalue weighted by Gasteiger charge is 2.42. The molecule has 0 radical (unpaired) electrons. The van der Waals surface area contributed by atoms with Gasteiger partial charge in [0.1, 0.15) is 11.4 Å². The van der Waals surface area contributed by atoms with Crippen LogP contribution >= 0.6 is 0 Å². The van der Waals surface area contributed by atoms with Gasteiger partial charge in [-0.2, -0.15) is 0 Å². The van der Waals surface area contributed by atoms with E-state index in [0.29, 0.717) is 5.69 Å². The first-order valence-electron chi connectivity index (χ1n) is 7.87. The van der Waals surface area contributed by atoms with Gasteiger partial charge in [0.25, 0.3) is 0 Å². The summed E-state index contributed by atoms with van der Waals surface area (Å²) in [7, 11) is 3.06. The number of pyridine rings is 1. The van der Waals surface area contributed by atoms with Crippen LogP contribution in [0.3, 0.4) is 0 Å². The molecule has 2 N–H and O–H groups in total. The van der Waals surface area contributed by atoms with Gasteiger partial charge in [-0.05, 0) is 30.2 Å². The molecule has 1 saturated carbocycles. The summed E-state index contributed by atoms with van der Waals surface area (Å²) in [6.07, 6.45) is 2.31. The number of anilines is 1. The fraction of sp³-hybridized carbons (Fsp3) is 0.278. The Morgan fingerprint density at radius 1 is 1.08 bits per heavy atom. The van der Waals surface area contributed by atoms with E-state index in [1.54, 1.807) is 19.2 Å². The number of rotatable bonds is 5. The molecule has 1 aliphatic rings. The van der Waals surface area contributed by atoms with Gasteiger partial charge in [-0.1, -0.05) is 18.2 Å². The predicted molar refractivity (Wildman–Crippen MR) is 91.7 cm³/mol. The topological polar surface area (TPSA) is 89.5 Å². The van der Waals surface area contributed by atoms with Crippen molar-refractivity contribution in [1.82, 2.24) is 10.3 Å². The average Bonchev–Trinajstić information content (AvgIpc) is 3.40. The Balaban J connectivity index is 1.59. The second-order valence-electron chi connectivity index (χ2n) is 5.68. The van der Waals surface area contributed by atoms with E-state index in [4.69, 9.17) is 9.47 Å². The maximum absolute atomic E-state index is 12.1. The van der Waals surface area contributed by atoms with Gasteiger partial charge < -0.3 is 20.1 Å². The lowest BCUT2D eigenvalue weighted by atomic mass is 10.1. The number of hydrogen-bond acceptors (Lipinski definition) is 5. The summed E-state index contributed by atoms with van der Waals surface area (Å²) in [6, 6.07) is 10.9. The molecule has 7 nitrogen and oxygen atoms in total. The lowest BCUT2D eigenvalue weighted by Crippen LogP contribution is -2.37. The molecule has 0 unspecified atom stereocenters. The molecular formula is C18H19N3O4. The van der Waals surface area contributed by atoms with Crippen LogP contribution in [0.15, 0.2) is 42.6 Å². The van der Waals surface area contributed by atoms with Crippen LogP contribution in [0.4, 0.5) is 5.69 Å². The smallest absolute Gasteiger partial charge is 0.313 e. The molecule has 7 heteroatoms. The molecule has 25 heavy (non-hydrogen) atoms. The number of methoxy groups -OCH3 is 2. The summed E-state index contributed by atoms with van der Waals surface area (Å²) in [5, 5.41) is 5.25. The minimum atomic E-state index is -0.753. The van der Waals surface area contributed by atoms with E-state index >= 15 is 0 Å². The number of nitrogens with zero attached hydrogens (tertiary/aromatic N) is 1. The van der Waals surface area contributed by atoms with Crippen molar-refractivity contribution < 1.29 is 19.1 Å². The lowest BCUT2D eigenvalue weighted by molar-refractivity contribution is -0.136. The molecule has 2 amide bonds. The Bertz CT molecular complexity index is 793. The van der Waals surface area contributed by atoms with E-state index < -0.39 is 11.8 Å². The number of amides is 2. The summed E-state index contributed by atoms with van der Waals surface area (Å²) < 4.78 is 10.4. The third-order valence-electron chi connectivity index (χ3n) is 4.06. The van der Waals surface area contributed by atoms with Crippen molar-refractivity contribution in [3.63, 3.8) is 0 Å². The molecule has 0 spiro atoms. The van der Waals surface area contributed by atoms with E-state index in [-0.39, 0.29) is 17.8 Å². The Morgan fingerprint density at radius 2 is 1.88 bits per heavy atom. The average molecular weight is 341 g/mol. The first-order chi connectivity index (χ1) is 12.1. The zero-order valence-electron chi connectivity index (χ0n) is 14.0. The van der Waals surface area contributed by atoms with Crippen LogP contribution in [-0.2, 0) is 9.59 Å². The van der Waals surface area contributed by atoms with E-state index in [1.807, 2.05) is 24.3 Å². The van der Waals surface area contributed by atoms with Crippen molar-refractivity contribution in [2.45, 2.75) is 18.4 Å². The number of nitrogens with one attached hydrogen (secondary N) is 2. The van der Waals surface area contributed by atoms with Crippen LogP contribution in [0.25, 0.3) is 0 Å². The number of carbonyl (C=O) groups excluding carboxylic acids is 2. The van der Waals surface area contributed by atoms with Gasteiger partial charge in [-0.15, -0.1) is 0 Å². The van der Waals surface area contributed by atoms with E-state index in [9.17, 15) is 9.59 Å². The Kier molecular flexibility index (Phi) is 4.83. The third-order valence-corrected chi connectivity index (χ3v) is 4.06. The molecule has 0 bridgehead atoms. The van der Waals surface area contributed by atoms with Gasteiger partial charge in [0.2, 0.25) is 5.88 Å². The molecule has 130 valence electrons. The summed E-state index contributed by atoms with van der Waals surface area (Å²) in [5.41, 5.74) is 1.38. The number of benzene rings is 1. The zero-order chi connectivity index (χ0) is 17.8. The molecule has 0 aliphatic heterocycles. The van der Waals surface area contributed by atoms with Crippen LogP contribution in [0.1, 0.15) is 17.9 Å². The second kappa shape index (κ2) is 7.21. The van der Waals surface area contributed by atoms with Crippen molar-refractivity contribution in [3.8, 4) is 11.6 Å². The Hall–Kier alpha value is -3.09. The number of hydrogen-bond donors (Lipinski definition) is 2. The highest BCUT2D eigenvalue weighted by molar-refractivity contribution is 6.39. The van der Waals surface area contributed by atoms with Crippen molar-refractivity contribution in [2.75, 3.05) is 19.5 Å². The predicted octanol–water partition coefficient (Wildman–Crippen LogP) is 1.71. The zero-order valence-corrected chi connectivity index (χ0v) is 14.0. The molecule has 1 fully saturated rings. The number of para-hydroxylation sites is 1. The molecule has 3 rings (SSSR count). The first kappa shape index (κ1) is 16.8. The summed E-state index contributed by atoms with van der Waals surface area (Å²) >= 11 is 0. The van der Waals surface area contributed by atoms with Crippen molar-refractivity contribution in [1.29, 1.82) is 0 Å². The maximum Gasteiger partial charge on any atom is 0.313 e. The fourth-order valence-corrected chi connectivity index (χ4v) is 2.73. The molecule has 1 heterocycles. The van der Waals surface area contributed by atoms with Crippen molar-refractivity contribution in [3.05, 3.63) is 48.2 Å². The van der Waals surface area contributed by atoms with Gasteiger partial charge >= 0.3 is 11.8 Å². The first-order valence-corrected chi connectivity index (χ1v) is 7.87. The summed E-state index contributed by atoms with van der Waals surface area (Å²) in [6.45, 7) is 0. The number of aromatic nitrogens is 1. The second-order valence-corrected chi connectivity index (χ2v) is 5.68. The van der Waals surface area contributed by atoms with Crippen molar-refractivity contribution in [2.24, 2.45) is 0 Å². The van der Waals surface area contributed by atoms with Crippen LogP contribution in [0, 0.1) is 0 Å². The van der Waals surface area contributed by atoms with E-state index in [0.717, 1.165) is 17.7 Å².